The van der Waals surface area contributed by atoms with Gasteiger partial charge in [-0.2, -0.15) is 0 Å². The van der Waals surface area contributed by atoms with Crippen LogP contribution in [0.4, 0.5) is 0 Å². The van der Waals surface area contributed by atoms with E-state index in [0.29, 0.717) is 24.1 Å². The molecule has 4 heterocycles. The number of aromatic nitrogens is 3. The quantitative estimate of drug-likeness (QED) is 0.673. The third-order valence-corrected chi connectivity index (χ3v) is 6.54. The molecule has 3 aromatic rings. The fourth-order valence-electron chi connectivity index (χ4n) is 5.05. The van der Waals surface area contributed by atoms with Gasteiger partial charge < -0.3 is 4.90 Å². The van der Waals surface area contributed by atoms with E-state index in [-0.39, 0.29) is 16.9 Å². The summed E-state index contributed by atoms with van der Waals surface area (Å²) in [4.78, 5) is 49.9. The van der Waals surface area contributed by atoms with Crippen LogP contribution in [-0.4, -0.2) is 56.3 Å². The van der Waals surface area contributed by atoms with Crippen LogP contribution in [0.25, 0.3) is 11.0 Å². The van der Waals surface area contributed by atoms with Crippen LogP contribution in [-0.2, 0) is 6.54 Å². The molecule has 2 aromatic heterocycles. The lowest BCUT2D eigenvalue weighted by molar-refractivity contribution is 0.0175. The standard InChI is InChI=1S/C23H25N5O3/c29-21-18-11-17(12-24-20(18)25-23(31)26-21)22(30)28-10-8-19-16(14-28)7-4-9-27(19)13-15-5-2-1-3-6-15/h1-3,5-6,11-12,16,19H,4,7-10,13-14H2,(H2,24,25,26,29,31). The number of hydrogen-bond acceptors (Lipinski definition) is 5. The van der Waals surface area contributed by atoms with Crippen LogP contribution >= 0.6 is 0 Å². The Balaban J connectivity index is 1.32. The van der Waals surface area contributed by atoms with Gasteiger partial charge in [0, 0.05) is 31.9 Å². The Labute approximate surface area is 178 Å². The fraction of sp³-hybridized carbons (Fsp3) is 0.391. The molecule has 2 fully saturated rings. The molecule has 1 amide bonds. The zero-order valence-electron chi connectivity index (χ0n) is 17.2. The van der Waals surface area contributed by atoms with Crippen molar-refractivity contribution in [2.75, 3.05) is 19.6 Å². The van der Waals surface area contributed by atoms with E-state index in [2.05, 4.69) is 44.1 Å². The van der Waals surface area contributed by atoms with Gasteiger partial charge in [0.2, 0.25) is 0 Å². The van der Waals surface area contributed by atoms with Gasteiger partial charge in [0.1, 0.15) is 5.65 Å². The number of rotatable bonds is 3. The first-order chi connectivity index (χ1) is 15.1. The molecule has 8 heteroatoms. The van der Waals surface area contributed by atoms with E-state index in [9.17, 15) is 14.4 Å². The van der Waals surface area contributed by atoms with Crippen molar-refractivity contribution in [1.82, 2.24) is 24.8 Å². The number of nitrogens with one attached hydrogen (secondary N) is 2. The number of pyridine rings is 1. The minimum atomic E-state index is -0.608. The van der Waals surface area contributed by atoms with Crippen LogP contribution < -0.4 is 11.2 Å². The van der Waals surface area contributed by atoms with Crippen LogP contribution in [0, 0.1) is 5.92 Å². The summed E-state index contributed by atoms with van der Waals surface area (Å²) in [5.74, 6) is 0.335. The smallest absolute Gasteiger partial charge is 0.327 e. The lowest BCUT2D eigenvalue weighted by Gasteiger charge is -2.47. The van der Waals surface area contributed by atoms with E-state index in [1.54, 1.807) is 0 Å². The van der Waals surface area contributed by atoms with E-state index >= 15 is 0 Å². The number of nitrogens with zero attached hydrogens (tertiary/aromatic N) is 3. The summed E-state index contributed by atoms with van der Waals surface area (Å²) < 4.78 is 0. The highest BCUT2D eigenvalue weighted by Gasteiger charge is 2.37. The number of benzene rings is 1. The van der Waals surface area contributed by atoms with E-state index < -0.39 is 11.2 Å². The molecule has 8 nitrogen and oxygen atoms in total. The highest BCUT2D eigenvalue weighted by Crippen LogP contribution is 2.32. The van der Waals surface area contributed by atoms with Gasteiger partial charge in [0.25, 0.3) is 11.5 Å². The number of hydrogen-bond donors (Lipinski definition) is 2. The van der Waals surface area contributed by atoms with Gasteiger partial charge in [0.15, 0.2) is 0 Å². The third-order valence-electron chi connectivity index (χ3n) is 6.54. The maximum atomic E-state index is 13.2. The minimum absolute atomic E-state index is 0.112. The minimum Gasteiger partial charge on any atom is -0.338 e. The summed E-state index contributed by atoms with van der Waals surface area (Å²) in [6.45, 7) is 3.45. The molecule has 0 bridgehead atoms. The molecule has 2 aliphatic rings. The summed E-state index contributed by atoms with van der Waals surface area (Å²) in [6.07, 6.45) is 4.64. The molecule has 2 aliphatic heterocycles. The first kappa shape index (κ1) is 19.7. The molecule has 5 rings (SSSR count). The fourth-order valence-corrected chi connectivity index (χ4v) is 5.05. The van der Waals surface area contributed by atoms with Gasteiger partial charge in [-0.1, -0.05) is 30.3 Å². The van der Waals surface area contributed by atoms with E-state index in [1.807, 2.05) is 11.0 Å². The molecule has 1 aromatic carbocycles. The van der Waals surface area contributed by atoms with Crippen molar-refractivity contribution in [2.45, 2.75) is 31.8 Å². The second-order valence-corrected chi connectivity index (χ2v) is 8.49. The molecule has 0 radical (unpaired) electrons. The maximum absolute atomic E-state index is 13.2. The predicted octanol–water partition coefficient (Wildman–Crippen LogP) is 1.74. The number of likely N-dealkylation sites (tertiary alicyclic amines) is 2. The zero-order valence-corrected chi connectivity index (χ0v) is 17.2. The lowest BCUT2D eigenvalue weighted by atomic mass is 9.83. The molecule has 160 valence electrons. The first-order valence-corrected chi connectivity index (χ1v) is 10.8. The van der Waals surface area contributed by atoms with Crippen molar-refractivity contribution in [3.8, 4) is 0 Å². The maximum Gasteiger partial charge on any atom is 0.327 e. The normalized spacial score (nSPS) is 21.7. The SMILES string of the molecule is O=C(c1cnc2[nH]c(=O)[nH]c(=O)c2c1)N1CCC2C(CCCN2Cc2ccccc2)C1. The Bertz CT molecular complexity index is 1220. The average molecular weight is 419 g/mol. The molecule has 2 unspecified atom stereocenters. The molecule has 2 atom stereocenters. The molecule has 0 aliphatic carbocycles. The van der Waals surface area contributed by atoms with E-state index in [1.165, 1.54) is 17.8 Å². The largest absolute Gasteiger partial charge is 0.338 e. The summed E-state index contributed by atoms with van der Waals surface area (Å²) >= 11 is 0. The van der Waals surface area contributed by atoms with Crippen molar-refractivity contribution >= 4 is 16.9 Å². The van der Waals surface area contributed by atoms with Gasteiger partial charge in [-0.25, -0.2) is 9.78 Å². The summed E-state index contributed by atoms with van der Waals surface area (Å²) in [6, 6.07) is 12.6. The molecular formula is C23H25N5O3. The number of carbonyl (C=O) groups excluding carboxylic acids is 1. The number of carbonyl (C=O) groups is 1. The van der Waals surface area contributed by atoms with Crippen LogP contribution in [0.15, 0.2) is 52.2 Å². The molecular weight excluding hydrogens is 394 g/mol. The van der Waals surface area contributed by atoms with Gasteiger partial charge in [0.05, 0.1) is 10.9 Å². The molecule has 0 saturated carbocycles. The topological polar surface area (TPSA) is 102 Å². The van der Waals surface area contributed by atoms with Gasteiger partial charge in [-0.3, -0.25) is 24.5 Å². The van der Waals surface area contributed by atoms with Crippen LogP contribution in [0.1, 0.15) is 35.2 Å². The van der Waals surface area contributed by atoms with Crippen molar-refractivity contribution in [1.29, 1.82) is 0 Å². The molecule has 0 spiro atoms. The van der Waals surface area contributed by atoms with Crippen molar-refractivity contribution < 1.29 is 4.79 Å². The van der Waals surface area contributed by atoms with Gasteiger partial charge in [-0.15, -0.1) is 0 Å². The van der Waals surface area contributed by atoms with Crippen LogP contribution in [0.2, 0.25) is 0 Å². The Morgan fingerprint density at radius 2 is 1.94 bits per heavy atom. The van der Waals surface area contributed by atoms with Crippen LogP contribution in [0.3, 0.4) is 0 Å². The monoisotopic (exact) mass is 419 g/mol. The summed E-state index contributed by atoms with van der Waals surface area (Å²) in [5, 5.41) is 0.215. The van der Waals surface area contributed by atoms with Gasteiger partial charge in [-0.05, 0) is 43.4 Å². The third kappa shape index (κ3) is 3.90. The Hall–Kier alpha value is -3.26. The molecule has 31 heavy (non-hydrogen) atoms. The predicted molar refractivity (Wildman–Crippen MR) is 117 cm³/mol. The number of piperidine rings is 2. The highest BCUT2D eigenvalue weighted by atomic mass is 16.2. The number of amides is 1. The number of fused-ring (bicyclic) bond motifs is 2. The van der Waals surface area contributed by atoms with E-state index in [4.69, 9.17) is 0 Å². The second kappa shape index (κ2) is 8.11. The van der Waals surface area contributed by atoms with Gasteiger partial charge >= 0.3 is 5.69 Å². The van der Waals surface area contributed by atoms with Crippen molar-refractivity contribution in [3.63, 3.8) is 0 Å². The Kier molecular flexibility index (Phi) is 5.15. The second-order valence-electron chi connectivity index (χ2n) is 8.49. The highest BCUT2D eigenvalue weighted by molar-refractivity contribution is 5.96. The lowest BCUT2D eigenvalue weighted by Crippen LogP contribution is -2.54. The Morgan fingerprint density at radius 3 is 2.77 bits per heavy atom. The molecule has 2 saturated heterocycles. The number of H-pyrrole nitrogens is 2. The van der Waals surface area contributed by atoms with Crippen molar-refractivity contribution in [2.24, 2.45) is 5.92 Å². The summed E-state index contributed by atoms with van der Waals surface area (Å²) in [7, 11) is 0. The number of aromatic amines is 2. The van der Waals surface area contributed by atoms with Crippen LogP contribution in [0.5, 0.6) is 0 Å². The van der Waals surface area contributed by atoms with E-state index in [0.717, 1.165) is 38.9 Å². The zero-order chi connectivity index (χ0) is 21.4. The first-order valence-electron chi connectivity index (χ1n) is 10.8. The van der Waals surface area contributed by atoms with Crippen molar-refractivity contribution in [3.05, 3.63) is 74.6 Å². The average Bonchev–Trinajstić information content (AvgIpc) is 2.79. The Morgan fingerprint density at radius 1 is 1.10 bits per heavy atom. The molecule has 2 N–H and O–H groups in total. The summed E-state index contributed by atoms with van der Waals surface area (Å²) in [5.41, 5.74) is 0.743.